The van der Waals surface area contributed by atoms with Crippen LogP contribution in [0, 0.1) is 0 Å². The standard InChI is InChI=1S/C13H19N3O2/c1-2-16-8-4-5-10(16)9-15-12-11(13(17)18)6-3-7-14-12/h3,6-7,10H,2,4-5,8-9H2,1H3,(H,14,15)(H,17,18)/t10-/m1/s1. The molecule has 1 fully saturated rings. The van der Waals surface area contributed by atoms with Gasteiger partial charge in [0.05, 0.1) is 0 Å². The van der Waals surface area contributed by atoms with Crippen molar-refractivity contribution >= 4 is 11.8 Å². The van der Waals surface area contributed by atoms with Crippen molar-refractivity contribution in [1.82, 2.24) is 9.88 Å². The first-order valence-corrected chi connectivity index (χ1v) is 6.38. The number of carboxylic acids is 1. The Kier molecular flexibility index (Phi) is 4.15. The highest BCUT2D eigenvalue weighted by molar-refractivity contribution is 5.92. The molecule has 5 nitrogen and oxygen atoms in total. The van der Waals surface area contributed by atoms with Crippen LogP contribution in [-0.4, -0.2) is 46.6 Å². The van der Waals surface area contributed by atoms with E-state index in [0.29, 0.717) is 11.9 Å². The van der Waals surface area contributed by atoms with E-state index in [1.807, 2.05) is 0 Å². The summed E-state index contributed by atoms with van der Waals surface area (Å²) in [5, 5.41) is 12.2. The molecular weight excluding hydrogens is 230 g/mol. The molecule has 0 aliphatic carbocycles. The van der Waals surface area contributed by atoms with Crippen molar-refractivity contribution in [2.24, 2.45) is 0 Å². The van der Waals surface area contributed by atoms with Gasteiger partial charge in [-0.25, -0.2) is 9.78 Å². The molecule has 2 rings (SSSR count). The lowest BCUT2D eigenvalue weighted by Crippen LogP contribution is -2.35. The lowest BCUT2D eigenvalue weighted by molar-refractivity contribution is 0.0697. The highest BCUT2D eigenvalue weighted by atomic mass is 16.4. The number of likely N-dealkylation sites (tertiary alicyclic amines) is 1. The molecule has 5 heteroatoms. The monoisotopic (exact) mass is 249 g/mol. The number of carbonyl (C=O) groups is 1. The van der Waals surface area contributed by atoms with Crippen molar-refractivity contribution in [2.75, 3.05) is 25.0 Å². The third-order valence-electron chi connectivity index (χ3n) is 3.45. The highest BCUT2D eigenvalue weighted by Gasteiger charge is 2.23. The summed E-state index contributed by atoms with van der Waals surface area (Å²) in [4.78, 5) is 17.6. The first kappa shape index (κ1) is 12.8. The van der Waals surface area contributed by atoms with Gasteiger partial charge in [0, 0.05) is 18.8 Å². The molecule has 0 radical (unpaired) electrons. The molecule has 1 saturated heterocycles. The first-order valence-electron chi connectivity index (χ1n) is 6.38. The minimum absolute atomic E-state index is 0.235. The number of hydrogen-bond donors (Lipinski definition) is 2. The number of anilines is 1. The van der Waals surface area contributed by atoms with Crippen molar-refractivity contribution in [3.8, 4) is 0 Å². The van der Waals surface area contributed by atoms with Crippen LogP contribution >= 0.6 is 0 Å². The van der Waals surface area contributed by atoms with E-state index in [9.17, 15) is 4.79 Å². The van der Waals surface area contributed by atoms with Gasteiger partial charge < -0.3 is 10.4 Å². The van der Waals surface area contributed by atoms with Gasteiger partial charge in [-0.3, -0.25) is 4.90 Å². The summed E-state index contributed by atoms with van der Waals surface area (Å²) < 4.78 is 0. The Labute approximate surface area is 107 Å². The molecule has 1 aliphatic rings. The molecule has 2 N–H and O–H groups in total. The Morgan fingerprint density at radius 3 is 3.22 bits per heavy atom. The zero-order valence-corrected chi connectivity index (χ0v) is 10.6. The number of pyridine rings is 1. The van der Waals surface area contributed by atoms with E-state index in [1.165, 1.54) is 6.42 Å². The van der Waals surface area contributed by atoms with Crippen LogP contribution in [0.15, 0.2) is 18.3 Å². The number of nitrogens with one attached hydrogen (secondary N) is 1. The Hall–Kier alpha value is -1.62. The van der Waals surface area contributed by atoms with Gasteiger partial charge in [0.2, 0.25) is 0 Å². The van der Waals surface area contributed by atoms with Crippen LogP contribution in [0.5, 0.6) is 0 Å². The molecule has 0 spiro atoms. The van der Waals surface area contributed by atoms with E-state index < -0.39 is 5.97 Å². The third kappa shape index (κ3) is 2.79. The van der Waals surface area contributed by atoms with E-state index in [4.69, 9.17) is 5.11 Å². The van der Waals surface area contributed by atoms with Gasteiger partial charge in [-0.05, 0) is 38.1 Å². The van der Waals surface area contributed by atoms with Gasteiger partial charge >= 0.3 is 5.97 Å². The van der Waals surface area contributed by atoms with E-state index in [0.717, 1.165) is 26.1 Å². The second-order valence-electron chi connectivity index (χ2n) is 4.51. The quantitative estimate of drug-likeness (QED) is 0.831. The van der Waals surface area contributed by atoms with E-state index >= 15 is 0 Å². The molecule has 2 heterocycles. The molecular formula is C13H19N3O2. The first-order chi connectivity index (χ1) is 8.72. The van der Waals surface area contributed by atoms with E-state index in [1.54, 1.807) is 18.3 Å². The van der Waals surface area contributed by atoms with Crippen LogP contribution in [0.3, 0.4) is 0 Å². The van der Waals surface area contributed by atoms with Gasteiger partial charge in [-0.1, -0.05) is 6.92 Å². The van der Waals surface area contributed by atoms with Gasteiger partial charge in [-0.2, -0.15) is 0 Å². The Morgan fingerprint density at radius 1 is 1.67 bits per heavy atom. The fraction of sp³-hybridized carbons (Fsp3) is 0.538. The zero-order chi connectivity index (χ0) is 13.0. The topological polar surface area (TPSA) is 65.5 Å². The van der Waals surface area contributed by atoms with Crippen LogP contribution in [-0.2, 0) is 0 Å². The van der Waals surface area contributed by atoms with Crippen molar-refractivity contribution in [3.63, 3.8) is 0 Å². The summed E-state index contributed by atoms with van der Waals surface area (Å²) in [5.41, 5.74) is 0.235. The Bertz CT molecular complexity index is 422. The number of likely N-dealkylation sites (N-methyl/N-ethyl adjacent to an activating group) is 1. The number of nitrogens with zero attached hydrogens (tertiary/aromatic N) is 2. The van der Waals surface area contributed by atoms with E-state index in [2.05, 4.69) is 22.1 Å². The van der Waals surface area contributed by atoms with Gasteiger partial charge in [0.1, 0.15) is 11.4 Å². The SMILES string of the molecule is CCN1CCC[C@@H]1CNc1ncccc1C(=O)O. The summed E-state index contributed by atoms with van der Waals surface area (Å²) in [6, 6.07) is 3.70. The van der Waals surface area contributed by atoms with Crippen molar-refractivity contribution in [2.45, 2.75) is 25.8 Å². The number of hydrogen-bond acceptors (Lipinski definition) is 4. The number of aromatic nitrogens is 1. The van der Waals surface area contributed by atoms with Crippen molar-refractivity contribution in [1.29, 1.82) is 0 Å². The molecule has 0 unspecified atom stereocenters. The summed E-state index contributed by atoms with van der Waals surface area (Å²) >= 11 is 0. The van der Waals surface area contributed by atoms with Gasteiger partial charge in [-0.15, -0.1) is 0 Å². The molecule has 18 heavy (non-hydrogen) atoms. The summed E-state index contributed by atoms with van der Waals surface area (Å²) in [6.07, 6.45) is 3.99. The largest absolute Gasteiger partial charge is 0.478 e. The molecule has 98 valence electrons. The Morgan fingerprint density at radius 2 is 2.50 bits per heavy atom. The zero-order valence-electron chi connectivity index (χ0n) is 10.6. The lowest BCUT2D eigenvalue weighted by atomic mass is 10.2. The summed E-state index contributed by atoms with van der Waals surface area (Å²) in [5.74, 6) is -0.475. The third-order valence-corrected chi connectivity index (χ3v) is 3.45. The van der Waals surface area contributed by atoms with Crippen molar-refractivity contribution in [3.05, 3.63) is 23.9 Å². The molecule has 1 aromatic rings. The normalized spacial score (nSPS) is 19.9. The van der Waals surface area contributed by atoms with Crippen LogP contribution in [0.1, 0.15) is 30.1 Å². The molecule has 0 amide bonds. The summed E-state index contributed by atoms with van der Waals surface area (Å²) in [7, 11) is 0. The maximum atomic E-state index is 11.0. The lowest BCUT2D eigenvalue weighted by Gasteiger charge is -2.23. The average Bonchev–Trinajstić information content (AvgIpc) is 2.84. The number of rotatable bonds is 5. The molecule has 0 bridgehead atoms. The molecule has 1 aromatic heterocycles. The molecule has 0 saturated carbocycles. The van der Waals surface area contributed by atoms with Crippen LogP contribution in [0.2, 0.25) is 0 Å². The maximum Gasteiger partial charge on any atom is 0.339 e. The van der Waals surface area contributed by atoms with Crippen LogP contribution in [0.25, 0.3) is 0 Å². The maximum absolute atomic E-state index is 11.0. The second kappa shape index (κ2) is 5.82. The van der Waals surface area contributed by atoms with Gasteiger partial charge in [0.25, 0.3) is 0 Å². The Balaban J connectivity index is 2.00. The van der Waals surface area contributed by atoms with Crippen LogP contribution in [0.4, 0.5) is 5.82 Å². The number of carboxylic acid groups (broad SMARTS) is 1. The van der Waals surface area contributed by atoms with E-state index in [-0.39, 0.29) is 5.56 Å². The van der Waals surface area contributed by atoms with Crippen LogP contribution < -0.4 is 5.32 Å². The fourth-order valence-electron chi connectivity index (χ4n) is 2.48. The predicted molar refractivity (Wildman–Crippen MR) is 70.0 cm³/mol. The molecule has 1 aliphatic heterocycles. The molecule has 1 atom stereocenters. The smallest absolute Gasteiger partial charge is 0.339 e. The minimum Gasteiger partial charge on any atom is -0.478 e. The fourth-order valence-corrected chi connectivity index (χ4v) is 2.48. The number of aromatic carboxylic acids is 1. The highest BCUT2D eigenvalue weighted by Crippen LogP contribution is 2.18. The predicted octanol–water partition coefficient (Wildman–Crippen LogP) is 1.68. The molecule has 0 aromatic carbocycles. The van der Waals surface area contributed by atoms with Gasteiger partial charge in [0.15, 0.2) is 0 Å². The minimum atomic E-state index is -0.940. The average molecular weight is 249 g/mol. The second-order valence-corrected chi connectivity index (χ2v) is 4.51. The summed E-state index contributed by atoms with van der Waals surface area (Å²) in [6.45, 7) is 5.09. The van der Waals surface area contributed by atoms with Crippen molar-refractivity contribution < 1.29 is 9.90 Å².